The summed E-state index contributed by atoms with van der Waals surface area (Å²) in [5.74, 6) is -0.133. The van der Waals surface area contributed by atoms with E-state index in [9.17, 15) is 10.1 Å². The Morgan fingerprint density at radius 3 is 2.75 bits per heavy atom. The Morgan fingerprint density at radius 1 is 1.25 bits per heavy atom. The lowest BCUT2D eigenvalue weighted by Crippen LogP contribution is -2.15. The molecule has 0 spiro atoms. The maximum absolute atomic E-state index is 12.3. The molecular weight excluding hydrogens is 420 g/mol. The number of nitrogens with zero attached hydrogens (tertiary/aromatic N) is 2. The number of carbonyl (C=O) groups is 1. The Morgan fingerprint density at radius 2 is 2.07 bits per heavy atom. The highest BCUT2D eigenvalue weighted by atomic mass is 79.9. The maximum atomic E-state index is 12.3. The van der Waals surface area contributed by atoms with Crippen molar-refractivity contribution in [2.24, 2.45) is 0 Å². The standard InChI is InChI=1S/C21H17BrN4O2/c1-3-19(28-2)21(27)26-16-7-8-18-17(10-16)20(13(11-23)12-24-18)25-15-6-4-5-14(22)9-15/h3-10,12H,1-2H3,(H,24,25)(H,26,27). The predicted molar refractivity (Wildman–Crippen MR) is 113 cm³/mol. The molecule has 0 saturated heterocycles. The third-order valence-corrected chi connectivity index (χ3v) is 4.54. The van der Waals surface area contributed by atoms with Gasteiger partial charge in [-0.3, -0.25) is 9.78 Å². The van der Waals surface area contributed by atoms with Gasteiger partial charge in [-0.25, -0.2) is 0 Å². The second-order valence-electron chi connectivity index (χ2n) is 5.84. The molecule has 140 valence electrons. The van der Waals surface area contributed by atoms with E-state index in [0.29, 0.717) is 22.5 Å². The van der Waals surface area contributed by atoms with E-state index in [-0.39, 0.29) is 11.7 Å². The predicted octanol–water partition coefficient (Wildman–Crippen LogP) is 5.10. The van der Waals surface area contributed by atoms with E-state index in [0.717, 1.165) is 15.5 Å². The Hall–Kier alpha value is -3.37. The molecule has 2 N–H and O–H groups in total. The monoisotopic (exact) mass is 436 g/mol. The normalized spacial score (nSPS) is 11.0. The van der Waals surface area contributed by atoms with Gasteiger partial charge >= 0.3 is 0 Å². The number of hydrogen-bond acceptors (Lipinski definition) is 5. The number of ether oxygens (including phenoxy) is 1. The minimum atomic E-state index is -0.352. The van der Waals surface area contributed by atoms with Crippen LogP contribution in [0.2, 0.25) is 0 Å². The number of fused-ring (bicyclic) bond motifs is 1. The molecule has 0 unspecified atom stereocenters. The zero-order chi connectivity index (χ0) is 20.1. The van der Waals surface area contributed by atoms with Crippen LogP contribution >= 0.6 is 15.9 Å². The topological polar surface area (TPSA) is 87.0 Å². The molecule has 6 nitrogen and oxygen atoms in total. The third kappa shape index (κ3) is 4.13. The molecule has 1 heterocycles. The van der Waals surface area contributed by atoms with Gasteiger partial charge in [-0.1, -0.05) is 22.0 Å². The zero-order valence-corrected chi connectivity index (χ0v) is 16.9. The van der Waals surface area contributed by atoms with Crippen LogP contribution in [0.15, 0.2) is 65.0 Å². The van der Waals surface area contributed by atoms with Crippen molar-refractivity contribution in [3.8, 4) is 6.07 Å². The van der Waals surface area contributed by atoms with Crippen LogP contribution in [-0.4, -0.2) is 18.0 Å². The van der Waals surface area contributed by atoms with E-state index >= 15 is 0 Å². The van der Waals surface area contributed by atoms with Gasteiger partial charge in [-0.05, 0) is 49.4 Å². The highest BCUT2D eigenvalue weighted by Crippen LogP contribution is 2.31. The van der Waals surface area contributed by atoms with Crippen molar-refractivity contribution in [2.45, 2.75) is 6.92 Å². The number of amides is 1. The number of anilines is 3. The van der Waals surface area contributed by atoms with Gasteiger partial charge in [-0.2, -0.15) is 5.26 Å². The molecule has 3 aromatic rings. The SMILES string of the molecule is CC=C(OC)C(=O)Nc1ccc2ncc(C#N)c(Nc3cccc(Br)c3)c2c1. The second kappa shape index (κ2) is 8.55. The minimum Gasteiger partial charge on any atom is -0.491 e. The van der Waals surface area contributed by atoms with Gasteiger partial charge in [0.2, 0.25) is 0 Å². The lowest BCUT2D eigenvalue weighted by atomic mass is 10.1. The molecule has 28 heavy (non-hydrogen) atoms. The van der Waals surface area contributed by atoms with Crippen LogP contribution in [0.4, 0.5) is 17.1 Å². The summed E-state index contributed by atoms with van der Waals surface area (Å²) in [5, 5.41) is 16.3. The highest BCUT2D eigenvalue weighted by Gasteiger charge is 2.13. The van der Waals surface area contributed by atoms with E-state index < -0.39 is 0 Å². The number of carbonyl (C=O) groups excluding carboxylic acids is 1. The second-order valence-corrected chi connectivity index (χ2v) is 6.75. The lowest BCUT2D eigenvalue weighted by Gasteiger charge is -2.13. The Balaban J connectivity index is 2.06. The Kier molecular flexibility index (Phi) is 5.92. The first-order valence-corrected chi connectivity index (χ1v) is 9.22. The fourth-order valence-electron chi connectivity index (χ4n) is 2.73. The Bertz CT molecular complexity index is 1120. The van der Waals surface area contributed by atoms with Crippen LogP contribution in [-0.2, 0) is 9.53 Å². The number of pyridine rings is 1. The number of benzene rings is 2. The molecule has 0 aliphatic carbocycles. The van der Waals surface area contributed by atoms with Gasteiger partial charge in [0, 0.05) is 27.4 Å². The molecule has 0 aliphatic heterocycles. The summed E-state index contributed by atoms with van der Waals surface area (Å²) in [6.07, 6.45) is 3.12. The quantitative estimate of drug-likeness (QED) is 0.428. The molecule has 3 rings (SSSR count). The number of nitriles is 1. The average molecular weight is 437 g/mol. The average Bonchev–Trinajstić information content (AvgIpc) is 2.69. The summed E-state index contributed by atoms with van der Waals surface area (Å²) in [5.41, 5.74) is 3.13. The molecule has 0 atom stereocenters. The molecule has 2 aromatic carbocycles. The number of methoxy groups -OCH3 is 1. The van der Waals surface area contributed by atoms with Gasteiger partial charge in [0.05, 0.1) is 23.9 Å². The largest absolute Gasteiger partial charge is 0.491 e. The first-order chi connectivity index (χ1) is 13.5. The van der Waals surface area contributed by atoms with Crippen molar-refractivity contribution in [3.05, 3.63) is 70.5 Å². The van der Waals surface area contributed by atoms with Crippen molar-refractivity contribution in [1.29, 1.82) is 5.26 Å². The van der Waals surface area contributed by atoms with Crippen LogP contribution in [0, 0.1) is 11.3 Å². The summed E-state index contributed by atoms with van der Waals surface area (Å²) >= 11 is 3.44. The summed E-state index contributed by atoms with van der Waals surface area (Å²) in [6, 6.07) is 15.1. The van der Waals surface area contributed by atoms with E-state index in [1.165, 1.54) is 13.3 Å². The smallest absolute Gasteiger partial charge is 0.290 e. The van der Waals surface area contributed by atoms with Crippen molar-refractivity contribution in [3.63, 3.8) is 0 Å². The minimum absolute atomic E-state index is 0.219. The van der Waals surface area contributed by atoms with E-state index in [1.807, 2.05) is 24.3 Å². The molecule has 0 radical (unpaired) electrons. The zero-order valence-electron chi connectivity index (χ0n) is 15.3. The number of aromatic nitrogens is 1. The fraction of sp³-hybridized carbons (Fsp3) is 0.0952. The number of hydrogen-bond donors (Lipinski definition) is 2. The van der Waals surface area contributed by atoms with Crippen LogP contribution in [0.25, 0.3) is 10.9 Å². The van der Waals surface area contributed by atoms with Gasteiger partial charge in [-0.15, -0.1) is 0 Å². The molecular formula is C21H17BrN4O2. The van der Waals surface area contributed by atoms with Crippen LogP contribution in [0.3, 0.4) is 0 Å². The van der Waals surface area contributed by atoms with Crippen molar-refractivity contribution < 1.29 is 9.53 Å². The number of halogens is 1. The van der Waals surface area contributed by atoms with Crippen LogP contribution in [0.1, 0.15) is 12.5 Å². The highest BCUT2D eigenvalue weighted by molar-refractivity contribution is 9.10. The summed E-state index contributed by atoms with van der Waals surface area (Å²) in [4.78, 5) is 16.6. The molecule has 1 aromatic heterocycles. The van der Waals surface area contributed by atoms with Crippen LogP contribution in [0.5, 0.6) is 0 Å². The first-order valence-electron chi connectivity index (χ1n) is 8.42. The lowest BCUT2D eigenvalue weighted by molar-refractivity contribution is -0.115. The fourth-order valence-corrected chi connectivity index (χ4v) is 3.13. The number of allylic oxidation sites excluding steroid dienone is 1. The maximum Gasteiger partial charge on any atom is 0.290 e. The van der Waals surface area contributed by atoms with Gasteiger partial charge in [0.1, 0.15) is 6.07 Å². The van der Waals surface area contributed by atoms with Crippen molar-refractivity contribution in [2.75, 3.05) is 17.7 Å². The van der Waals surface area contributed by atoms with Crippen molar-refractivity contribution >= 4 is 49.8 Å². The molecule has 0 aliphatic rings. The number of nitrogens with one attached hydrogen (secondary N) is 2. The van der Waals surface area contributed by atoms with E-state index in [2.05, 4.69) is 37.6 Å². The van der Waals surface area contributed by atoms with Crippen molar-refractivity contribution in [1.82, 2.24) is 4.98 Å². The summed E-state index contributed by atoms with van der Waals surface area (Å²) in [6.45, 7) is 1.72. The molecule has 0 bridgehead atoms. The van der Waals surface area contributed by atoms with E-state index in [4.69, 9.17) is 4.74 Å². The number of rotatable bonds is 5. The summed E-state index contributed by atoms with van der Waals surface area (Å²) < 4.78 is 5.97. The molecule has 0 fully saturated rings. The molecule has 1 amide bonds. The third-order valence-electron chi connectivity index (χ3n) is 4.05. The van der Waals surface area contributed by atoms with Gasteiger partial charge < -0.3 is 15.4 Å². The van der Waals surface area contributed by atoms with Crippen LogP contribution < -0.4 is 10.6 Å². The van der Waals surface area contributed by atoms with Gasteiger partial charge in [0.25, 0.3) is 5.91 Å². The molecule has 0 saturated carbocycles. The summed E-state index contributed by atoms with van der Waals surface area (Å²) in [7, 11) is 1.44. The Labute approximate surface area is 171 Å². The molecule has 7 heteroatoms. The van der Waals surface area contributed by atoms with Gasteiger partial charge in [0.15, 0.2) is 5.76 Å². The van der Waals surface area contributed by atoms with E-state index in [1.54, 1.807) is 31.2 Å². The first kappa shape index (κ1) is 19.4.